The molecule has 0 aromatic carbocycles. The Morgan fingerprint density at radius 3 is 2.41 bits per heavy atom. The molecule has 1 saturated heterocycles. The van der Waals surface area contributed by atoms with E-state index in [4.69, 9.17) is 10.5 Å². The van der Waals surface area contributed by atoms with Crippen molar-refractivity contribution in [3.05, 3.63) is 0 Å². The minimum absolute atomic E-state index is 0.0165. The quantitative estimate of drug-likeness (QED) is 0.807. The molecule has 0 aliphatic carbocycles. The topological polar surface area (TPSA) is 38.5 Å². The molecule has 2 N–H and O–H groups in total. The lowest BCUT2D eigenvalue weighted by Gasteiger charge is -2.30. The van der Waals surface area contributed by atoms with Crippen molar-refractivity contribution in [3.63, 3.8) is 0 Å². The van der Waals surface area contributed by atoms with Crippen LogP contribution in [-0.2, 0) is 4.74 Å². The summed E-state index contributed by atoms with van der Waals surface area (Å²) in [5.74, 6) is -0.979. The lowest BCUT2D eigenvalue weighted by Crippen LogP contribution is -2.41. The second-order valence-corrected chi connectivity index (χ2v) is 4.75. The Labute approximate surface area is 100 Å². The summed E-state index contributed by atoms with van der Waals surface area (Å²) in [7, 11) is 1.73. The highest BCUT2D eigenvalue weighted by atomic mass is 19.4. The number of rotatable bonds is 5. The molecular formula is C11H21F3N2O. The van der Waals surface area contributed by atoms with Crippen molar-refractivity contribution in [3.8, 4) is 0 Å². The number of ether oxygens (including phenoxy) is 1. The van der Waals surface area contributed by atoms with Crippen molar-refractivity contribution in [1.82, 2.24) is 4.90 Å². The summed E-state index contributed by atoms with van der Waals surface area (Å²) in [6.45, 7) is 1.77. The second kappa shape index (κ2) is 6.56. The number of nitrogens with zero attached hydrogens (tertiary/aromatic N) is 1. The Kier molecular flexibility index (Phi) is 5.69. The lowest BCUT2D eigenvalue weighted by atomic mass is 9.99. The predicted octanol–water partition coefficient (Wildman–Crippen LogP) is 1.48. The molecule has 0 saturated carbocycles. The Hall–Kier alpha value is -0.330. The van der Waals surface area contributed by atoms with E-state index in [1.165, 1.54) is 0 Å². The first-order chi connectivity index (χ1) is 7.93. The molecule has 0 bridgehead atoms. The maximum Gasteiger partial charge on any atom is 0.394 e. The van der Waals surface area contributed by atoms with Gasteiger partial charge in [-0.15, -0.1) is 0 Å². The van der Waals surface area contributed by atoms with Gasteiger partial charge in [-0.1, -0.05) is 0 Å². The van der Waals surface area contributed by atoms with E-state index >= 15 is 0 Å². The summed E-state index contributed by atoms with van der Waals surface area (Å²) in [4.78, 5) is 1.74. The first kappa shape index (κ1) is 14.7. The summed E-state index contributed by atoms with van der Waals surface area (Å²) >= 11 is 0. The van der Waals surface area contributed by atoms with Gasteiger partial charge in [-0.25, -0.2) is 0 Å². The highest BCUT2D eigenvalue weighted by Crippen LogP contribution is 2.26. The summed E-state index contributed by atoms with van der Waals surface area (Å²) in [6.07, 6.45) is -2.33. The van der Waals surface area contributed by atoms with E-state index in [-0.39, 0.29) is 13.1 Å². The average molecular weight is 254 g/mol. The minimum Gasteiger partial charge on any atom is -0.381 e. The third-order valence-corrected chi connectivity index (χ3v) is 3.19. The van der Waals surface area contributed by atoms with Crippen LogP contribution in [0.15, 0.2) is 0 Å². The molecule has 1 aliphatic rings. The van der Waals surface area contributed by atoms with Crippen LogP contribution < -0.4 is 5.73 Å². The first-order valence-electron chi connectivity index (χ1n) is 5.96. The van der Waals surface area contributed by atoms with Gasteiger partial charge in [0.2, 0.25) is 0 Å². The number of nitrogens with two attached hydrogens (primary N) is 1. The summed E-state index contributed by atoms with van der Waals surface area (Å²) < 4.78 is 42.8. The minimum atomic E-state index is -4.20. The molecule has 1 atom stereocenters. The van der Waals surface area contributed by atoms with Crippen LogP contribution in [0.2, 0.25) is 0 Å². The van der Waals surface area contributed by atoms with Gasteiger partial charge < -0.3 is 15.4 Å². The molecule has 1 heterocycles. The van der Waals surface area contributed by atoms with Gasteiger partial charge in [0.1, 0.15) is 0 Å². The van der Waals surface area contributed by atoms with E-state index in [0.717, 1.165) is 26.1 Å². The molecule has 0 spiro atoms. The van der Waals surface area contributed by atoms with Crippen molar-refractivity contribution in [1.29, 1.82) is 0 Å². The van der Waals surface area contributed by atoms with Gasteiger partial charge in [-0.2, -0.15) is 13.2 Å². The number of alkyl halides is 3. The zero-order valence-electron chi connectivity index (χ0n) is 10.2. The van der Waals surface area contributed by atoms with Crippen LogP contribution in [-0.4, -0.2) is 51.0 Å². The summed E-state index contributed by atoms with van der Waals surface area (Å²) in [5, 5.41) is 0. The van der Waals surface area contributed by atoms with Gasteiger partial charge in [0.25, 0.3) is 0 Å². The summed E-state index contributed by atoms with van der Waals surface area (Å²) in [6, 6.07) is 0. The molecule has 0 aromatic heterocycles. The molecule has 1 rings (SSSR count). The molecule has 1 aliphatic heterocycles. The Morgan fingerprint density at radius 1 is 1.35 bits per heavy atom. The first-order valence-corrected chi connectivity index (χ1v) is 5.96. The van der Waals surface area contributed by atoms with E-state index in [1.807, 2.05) is 0 Å². The van der Waals surface area contributed by atoms with Gasteiger partial charge in [0, 0.05) is 32.8 Å². The third-order valence-electron chi connectivity index (χ3n) is 3.19. The van der Waals surface area contributed by atoms with Crippen molar-refractivity contribution in [2.75, 3.05) is 39.9 Å². The predicted molar refractivity (Wildman–Crippen MR) is 59.6 cm³/mol. The molecule has 17 heavy (non-hydrogen) atoms. The lowest BCUT2D eigenvalue weighted by molar-refractivity contribution is -0.175. The maximum absolute atomic E-state index is 12.5. The van der Waals surface area contributed by atoms with Crippen LogP contribution in [0.4, 0.5) is 13.2 Å². The number of halogens is 3. The van der Waals surface area contributed by atoms with Crippen LogP contribution >= 0.6 is 0 Å². The van der Waals surface area contributed by atoms with Gasteiger partial charge in [0.15, 0.2) is 0 Å². The van der Waals surface area contributed by atoms with Crippen molar-refractivity contribution in [2.24, 2.45) is 17.6 Å². The SMILES string of the molecule is CN(CC1CCOCC1)CC(CN)C(F)(F)F. The Morgan fingerprint density at radius 2 is 1.94 bits per heavy atom. The fraction of sp³-hybridized carbons (Fsp3) is 1.00. The van der Waals surface area contributed by atoms with Gasteiger partial charge in [0.05, 0.1) is 5.92 Å². The monoisotopic (exact) mass is 254 g/mol. The molecule has 102 valence electrons. The van der Waals surface area contributed by atoms with Crippen molar-refractivity contribution < 1.29 is 17.9 Å². The van der Waals surface area contributed by atoms with Gasteiger partial charge in [-0.3, -0.25) is 0 Å². The molecule has 0 radical (unpaired) electrons. The number of hydrogen-bond donors (Lipinski definition) is 1. The normalized spacial score (nSPS) is 20.8. The van der Waals surface area contributed by atoms with Crippen LogP contribution in [0.3, 0.4) is 0 Å². The molecule has 1 fully saturated rings. The van der Waals surface area contributed by atoms with E-state index in [1.54, 1.807) is 11.9 Å². The molecule has 0 aromatic rings. The Bertz CT molecular complexity index is 217. The van der Waals surface area contributed by atoms with Crippen molar-refractivity contribution >= 4 is 0 Å². The van der Waals surface area contributed by atoms with Crippen LogP contribution in [0.5, 0.6) is 0 Å². The fourth-order valence-electron chi connectivity index (χ4n) is 2.13. The van der Waals surface area contributed by atoms with E-state index in [2.05, 4.69) is 0 Å². The van der Waals surface area contributed by atoms with Crippen LogP contribution in [0.1, 0.15) is 12.8 Å². The van der Waals surface area contributed by atoms with Gasteiger partial charge in [-0.05, 0) is 25.8 Å². The molecule has 6 heteroatoms. The fourth-order valence-corrected chi connectivity index (χ4v) is 2.13. The van der Waals surface area contributed by atoms with E-state index in [9.17, 15) is 13.2 Å². The largest absolute Gasteiger partial charge is 0.394 e. The highest BCUT2D eigenvalue weighted by Gasteiger charge is 2.39. The van der Waals surface area contributed by atoms with E-state index < -0.39 is 12.1 Å². The maximum atomic E-state index is 12.5. The second-order valence-electron chi connectivity index (χ2n) is 4.75. The zero-order chi connectivity index (χ0) is 12.9. The van der Waals surface area contributed by atoms with Crippen molar-refractivity contribution in [2.45, 2.75) is 19.0 Å². The van der Waals surface area contributed by atoms with Crippen LogP contribution in [0, 0.1) is 11.8 Å². The smallest absolute Gasteiger partial charge is 0.381 e. The molecule has 0 amide bonds. The van der Waals surface area contributed by atoms with E-state index in [0.29, 0.717) is 12.5 Å². The van der Waals surface area contributed by atoms with Gasteiger partial charge >= 0.3 is 6.18 Å². The molecule has 3 nitrogen and oxygen atoms in total. The standard InChI is InChI=1S/C11H21F3N2O/c1-16(7-9-2-4-17-5-3-9)8-10(6-15)11(12,13)14/h9-10H,2-8,15H2,1H3. The molecule has 1 unspecified atom stereocenters. The molecular weight excluding hydrogens is 233 g/mol. The number of hydrogen-bond acceptors (Lipinski definition) is 3. The van der Waals surface area contributed by atoms with Crippen LogP contribution in [0.25, 0.3) is 0 Å². The highest BCUT2D eigenvalue weighted by molar-refractivity contribution is 4.74. The average Bonchev–Trinajstić information content (AvgIpc) is 2.25. The third kappa shape index (κ3) is 5.23. The Balaban J connectivity index is 2.34. The summed E-state index contributed by atoms with van der Waals surface area (Å²) in [5.41, 5.74) is 5.17. The zero-order valence-corrected chi connectivity index (χ0v) is 10.2.